The topological polar surface area (TPSA) is 26.3 Å². The summed E-state index contributed by atoms with van der Waals surface area (Å²) < 4.78 is 5.76. The number of ether oxygens (including phenoxy) is 1. The van der Waals surface area contributed by atoms with Crippen molar-refractivity contribution in [3.05, 3.63) is 65.7 Å². The average molecular weight is 266 g/mol. The standard InChI is InChI=1S/C18H18O2/c1-13-10-17(13)18(19)15-8-5-9-16(11-15)20-12-14-6-3-2-4-7-14/h2-9,11,13,17H,10,12H2,1H3/t13-,17-/m1/s1. The molecule has 1 aliphatic carbocycles. The molecule has 1 fully saturated rings. The van der Waals surface area contributed by atoms with Crippen LogP contribution in [0.3, 0.4) is 0 Å². The first-order valence-electron chi connectivity index (χ1n) is 7.05. The highest BCUT2D eigenvalue weighted by atomic mass is 16.5. The summed E-state index contributed by atoms with van der Waals surface area (Å²) in [6, 6.07) is 17.6. The SMILES string of the molecule is C[C@@H]1C[C@H]1C(=O)c1cccc(OCc2ccccc2)c1. The molecule has 102 valence electrons. The van der Waals surface area contributed by atoms with Crippen molar-refractivity contribution in [3.63, 3.8) is 0 Å². The summed E-state index contributed by atoms with van der Waals surface area (Å²) in [4.78, 5) is 12.2. The third kappa shape index (κ3) is 2.90. The van der Waals surface area contributed by atoms with Crippen molar-refractivity contribution in [2.75, 3.05) is 0 Å². The molecule has 2 aromatic carbocycles. The van der Waals surface area contributed by atoms with Gasteiger partial charge in [-0.05, 0) is 30.0 Å². The van der Waals surface area contributed by atoms with Gasteiger partial charge in [0.25, 0.3) is 0 Å². The number of benzene rings is 2. The van der Waals surface area contributed by atoms with E-state index in [9.17, 15) is 4.79 Å². The van der Waals surface area contributed by atoms with Crippen molar-refractivity contribution >= 4 is 5.78 Å². The molecular formula is C18H18O2. The molecule has 1 aliphatic rings. The van der Waals surface area contributed by atoms with Gasteiger partial charge >= 0.3 is 0 Å². The van der Waals surface area contributed by atoms with Crippen LogP contribution in [0.25, 0.3) is 0 Å². The number of carbonyl (C=O) groups is 1. The molecule has 0 bridgehead atoms. The largest absolute Gasteiger partial charge is 0.489 e. The summed E-state index contributed by atoms with van der Waals surface area (Å²) in [5, 5.41) is 0. The Balaban J connectivity index is 1.67. The lowest BCUT2D eigenvalue weighted by atomic mass is 10.1. The average Bonchev–Trinajstić information content (AvgIpc) is 3.23. The summed E-state index contributed by atoms with van der Waals surface area (Å²) >= 11 is 0. The van der Waals surface area contributed by atoms with Crippen molar-refractivity contribution in [3.8, 4) is 5.75 Å². The van der Waals surface area contributed by atoms with Crippen LogP contribution in [0, 0.1) is 11.8 Å². The Morgan fingerprint density at radius 2 is 1.90 bits per heavy atom. The Kier molecular flexibility index (Phi) is 3.55. The van der Waals surface area contributed by atoms with Crippen molar-refractivity contribution in [1.29, 1.82) is 0 Å². The van der Waals surface area contributed by atoms with Crippen LogP contribution in [0.4, 0.5) is 0 Å². The number of ketones is 1. The Morgan fingerprint density at radius 3 is 2.60 bits per heavy atom. The van der Waals surface area contributed by atoms with Gasteiger partial charge in [0.15, 0.2) is 5.78 Å². The van der Waals surface area contributed by atoms with E-state index in [2.05, 4.69) is 6.92 Å². The van der Waals surface area contributed by atoms with Crippen LogP contribution in [0.5, 0.6) is 5.75 Å². The lowest BCUT2D eigenvalue weighted by Gasteiger charge is -2.07. The minimum Gasteiger partial charge on any atom is -0.489 e. The Bertz CT molecular complexity index is 604. The second-order valence-corrected chi connectivity index (χ2v) is 5.49. The highest BCUT2D eigenvalue weighted by Gasteiger charge is 2.39. The fourth-order valence-electron chi connectivity index (χ4n) is 2.38. The van der Waals surface area contributed by atoms with E-state index < -0.39 is 0 Å². The van der Waals surface area contributed by atoms with Crippen LogP contribution in [-0.4, -0.2) is 5.78 Å². The molecule has 0 aromatic heterocycles. The van der Waals surface area contributed by atoms with Crippen LogP contribution in [0.1, 0.15) is 29.3 Å². The summed E-state index contributed by atoms with van der Waals surface area (Å²) in [5.74, 6) is 1.77. The minimum atomic E-state index is 0.222. The van der Waals surface area contributed by atoms with Gasteiger partial charge < -0.3 is 4.74 Å². The third-order valence-electron chi connectivity index (χ3n) is 3.81. The fourth-order valence-corrected chi connectivity index (χ4v) is 2.38. The molecular weight excluding hydrogens is 248 g/mol. The van der Waals surface area contributed by atoms with Crippen molar-refractivity contribution in [2.45, 2.75) is 20.0 Å². The zero-order valence-corrected chi connectivity index (χ0v) is 11.6. The van der Waals surface area contributed by atoms with Gasteiger partial charge in [0.05, 0.1) is 0 Å². The van der Waals surface area contributed by atoms with Crippen molar-refractivity contribution in [2.24, 2.45) is 11.8 Å². The van der Waals surface area contributed by atoms with Gasteiger partial charge in [-0.15, -0.1) is 0 Å². The Hall–Kier alpha value is -2.09. The molecule has 0 aliphatic heterocycles. The molecule has 0 radical (unpaired) electrons. The first-order chi connectivity index (χ1) is 9.74. The Labute approximate surface area is 119 Å². The zero-order valence-electron chi connectivity index (χ0n) is 11.6. The molecule has 0 amide bonds. The molecule has 0 unspecified atom stereocenters. The highest BCUT2D eigenvalue weighted by Crippen LogP contribution is 2.40. The van der Waals surface area contributed by atoms with E-state index in [1.165, 1.54) is 0 Å². The number of hydrogen-bond donors (Lipinski definition) is 0. The minimum absolute atomic E-state index is 0.222. The maximum Gasteiger partial charge on any atom is 0.166 e. The van der Waals surface area contributed by atoms with E-state index in [4.69, 9.17) is 4.74 Å². The van der Waals surface area contributed by atoms with E-state index in [1.54, 1.807) is 0 Å². The van der Waals surface area contributed by atoms with Gasteiger partial charge in [-0.25, -0.2) is 0 Å². The molecule has 0 spiro atoms. The molecule has 1 saturated carbocycles. The van der Waals surface area contributed by atoms with Crippen LogP contribution in [0.15, 0.2) is 54.6 Å². The van der Waals surface area contributed by atoms with E-state index in [0.29, 0.717) is 12.5 Å². The fraction of sp³-hybridized carbons (Fsp3) is 0.278. The maximum atomic E-state index is 12.2. The predicted octanol–water partition coefficient (Wildman–Crippen LogP) is 4.10. The number of carbonyl (C=O) groups excluding carboxylic acids is 1. The van der Waals surface area contributed by atoms with E-state index >= 15 is 0 Å². The molecule has 20 heavy (non-hydrogen) atoms. The first kappa shape index (κ1) is 12.9. The smallest absolute Gasteiger partial charge is 0.166 e. The van der Waals surface area contributed by atoms with Crippen LogP contribution >= 0.6 is 0 Å². The Morgan fingerprint density at radius 1 is 1.15 bits per heavy atom. The van der Waals surface area contributed by atoms with Gasteiger partial charge in [-0.3, -0.25) is 4.79 Å². The van der Waals surface area contributed by atoms with Gasteiger partial charge in [0, 0.05) is 11.5 Å². The lowest BCUT2D eigenvalue weighted by Crippen LogP contribution is -2.03. The third-order valence-corrected chi connectivity index (χ3v) is 3.81. The molecule has 0 heterocycles. The molecule has 0 saturated heterocycles. The van der Waals surface area contributed by atoms with Crippen molar-refractivity contribution in [1.82, 2.24) is 0 Å². The van der Waals surface area contributed by atoms with Crippen LogP contribution in [0.2, 0.25) is 0 Å². The number of rotatable bonds is 5. The van der Waals surface area contributed by atoms with Crippen LogP contribution in [-0.2, 0) is 6.61 Å². The summed E-state index contributed by atoms with van der Waals surface area (Å²) in [6.07, 6.45) is 1.02. The van der Waals surface area contributed by atoms with Gasteiger partial charge in [-0.1, -0.05) is 49.4 Å². The van der Waals surface area contributed by atoms with E-state index in [0.717, 1.165) is 23.3 Å². The maximum absolute atomic E-state index is 12.2. The van der Waals surface area contributed by atoms with Crippen molar-refractivity contribution < 1.29 is 9.53 Å². The molecule has 0 N–H and O–H groups in total. The highest BCUT2D eigenvalue weighted by molar-refractivity contribution is 5.99. The summed E-state index contributed by atoms with van der Waals surface area (Å²) in [5.41, 5.74) is 1.89. The second kappa shape index (κ2) is 5.49. The van der Waals surface area contributed by atoms with E-state index in [-0.39, 0.29) is 11.7 Å². The number of hydrogen-bond acceptors (Lipinski definition) is 2. The molecule has 3 rings (SSSR count). The second-order valence-electron chi connectivity index (χ2n) is 5.49. The van der Waals surface area contributed by atoms with Gasteiger partial charge in [-0.2, -0.15) is 0 Å². The molecule has 2 aromatic rings. The molecule has 2 atom stereocenters. The first-order valence-corrected chi connectivity index (χ1v) is 7.05. The van der Waals surface area contributed by atoms with Gasteiger partial charge in [0.1, 0.15) is 12.4 Å². The normalized spacial score (nSPS) is 20.4. The monoisotopic (exact) mass is 266 g/mol. The zero-order chi connectivity index (χ0) is 13.9. The van der Waals surface area contributed by atoms with Crippen LogP contribution < -0.4 is 4.74 Å². The van der Waals surface area contributed by atoms with Gasteiger partial charge in [0.2, 0.25) is 0 Å². The summed E-state index contributed by atoms with van der Waals surface area (Å²) in [7, 11) is 0. The molecule has 2 nitrogen and oxygen atoms in total. The predicted molar refractivity (Wildman–Crippen MR) is 78.8 cm³/mol. The van der Waals surface area contributed by atoms with E-state index in [1.807, 2.05) is 54.6 Å². The number of Topliss-reactive ketones (excluding diaryl/α,β-unsaturated/α-hetero) is 1. The quantitative estimate of drug-likeness (QED) is 0.761. The summed E-state index contributed by atoms with van der Waals surface area (Å²) in [6.45, 7) is 2.65. The molecule has 2 heteroatoms. The lowest BCUT2D eigenvalue weighted by molar-refractivity contribution is 0.0962.